The number of urea groups is 1. The normalized spacial score (nSPS) is 11.1. The quantitative estimate of drug-likeness (QED) is 0.398. The van der Waals surface area contributed by atoms with Crippen molar-refractivity contribution in [1.82, 2.24) is 9.97 Å². The summed E-state index contributed by atoms with van der Waals surface area (Å²) in [5, 5.41) is 6.76. The summed E-state index contributed by atoms with van der Waals surface area (Å²) in [6.45, 7) is 0. The maximum Gasteiger partial charge on any atom is 0.323 e. The Hall–Kier alpha value is -3.71. The predicted molar refractivity (Wildman–Crippen MR) is 126 cm³/mol. The number of fused-ring (bicyclic) bond motifs is 4. The lowest BCUT2D eigenvalue weighted by Crippen LogP contribution is -2.19. The molecule has 0 aliphatic heterocycles. The van der Waals surface area contributed by atoms with Gasteiger partial charge in [-0.15, -0.1) is 11.3 Å². The molecule has 0 aliphatic carbocycles. The van der Waals surface area contributed by atoms with E-state index in [1.165, 1.54) is 0 Å². The van der Waals surface area contributed by atoms with E-state index in [2.05, 4.69) is 10.6 Å². The third-order valence-corrected chi connectivity index (χ3v) is 5.93. The van der Waals surface area contributed by atoms with Crippen LogP contribution in [0, 0.1) is 0 Å². The summed E-state index contributed by atoms with van der Waals surface area (Å²) in [6, 6.07) is 21.1. The number of hydrogen-bond acceptors (Lipinski definition) is 5. The highest BCUT2D eigenvalue weighted by Crippen LogP contribution is 2.34. The summed E-state index contributed by atoms with van der Waals surface area (Å²) in [6.07, 6.45) is 0. The molecular formula is C23H19N5OS. The van der Waals surface area contributed by atoms with Crippen LogP contribution in [0.2, 0.25) is 0 Å². The monoisotopic (exact) mass is 413 g/mol. The van der Waals surface area contributed by atoms with Gasteiger partial charge in [-0.2, -0.15) is 0 Å². The minimum atomic E-state index is -0.289. The average molecular weight is 414 g/mol. The lowest BCUT2D eigenvalue weighted by atomic mass is 10.2. The lowest BCUT2D eigenvalue weighted by molar-refractivity contribution is 0.262. The molecule has 30 heavy (non-hydrogen) atoms. The Bertz CT molecular complexity index is 1390. The van der Waals surface area contributed by atoms with Gasteiger partial charge in [0.05, 0.1) is 11.0 Å². The molecule has 148 valence electrons. The summed E-state index contributed by atoms with van der Waals surface area (Å²) in [7, 11) is 3.96. The third-order valence-electron chi connectivity index (χ3n) is 4.88. The fourth-order valence-corrected chi connectivity index (χ4v) is 4.36. The van der Waals surface area contributed by atoms with E-state index in [9.17, 15) is 4.79 Å². The van der Waals surface area contributed by atoms with Crippen LogP contribution in [0.25, 0.3) is 31.5 Å². The van der Waals surface area contributed by atoms with Crippen LogP contribution in [0.5, 0.6) is 0 Å². The van der Waals surface area contributed by atoms with Crippen molar-refractivity contribution in [3.8, 4) is 0 Å². The Morgan fingerprint density at radius 3 is 2.27 bits per heavy atom. The molecule has 2 heterocycles. The fraction of sp³-hybridized carbons (Fsp3) is 0.0870. The van der Waals surface area contributed by atoms with E-state index in [-0.39, 0.29) is 6.03 Å². The zero-order valence-corrected chi connectivity index (χ0v) is 17.3. The van der Waals surface area contributed by atoms with Crippen LogP contribution in [0.3, 0.4) is 0 Å². The van der Waals surface area contributed by atoms with Crippen molar-refractivity contribution in [3.05, 3.63) is 66.7 Å². The van der Waals surface area contributed by atoms with Gasteiger partial charge in [-0.05, 0) is 54.6 Å². The Morgan fingerprint density at radius 1 is 0.867 bits per heavy atom. The summed E-state index contributed by atoms with van der Waals surface area (Å²) < 4.78 is 1.09. The molecule has 0 fully saturated rings. The standard InChI is InChI=1S/C23H19N5OS/c1-28(2)16-10-7-14(8-11-16)24-23(29)25-15-9-12-20-17(13-15)21-22(30-20)27-19-6-4-3-5-18(19)26-21/h3-13H,1-2H3,(H2,24,25,29). The molecule has 0 saturated carbocycles. The van der Waals surface area contributed by atoms with E-state index < -0.39 is 0 Å². The number of nitrogens with one attached hydrogen (secondary N) is 2. The van der Waals surface area contributed by atoms with Crippen LogP contribution in [-0.2, 0) is 0 Å². The number of anilines is 3. The Morgan fingerprint density at radius 2 is 1.53 bits per heavy atom. The maximum absolute atomic E-state index is 12.5. The van der Waals surface area contributed by atoms with Gasteiger partial charge in [-0.1, -0.05) is 12.1 Å². The number of para-hydroxylation sites is 2. The minimum Gasteiger partial charge on any atom is -0.378 e. The van der Waals surface area contributed by atoms with Crippen molar-refractivity contribution < 1.29 is 4.79 Å². The third kappa shape index (κ3) is 3.40. The van der Waals surface area contributed by atoms with Gasteiger partial charge in [0, 0.05) is 41.2 Å². The van der Waals surface area contributed by atoms with Crippen LogP contribution in [0.4, 0.5) is 21.9 Å². The van der Waals surface area contributed by atoms with Crippen LogP contribution >= 0.6 is 11.3 Å². The number of amides is 2. The maximum atomic E-state index is 12.5. The first-order valence-corrected chi connectivity index (χ1v) is 10.3. The van der Waals surface area contributed by atoms with Crippen molar-refractivity contribution in [2.75, 3.05) is 29.6 Å². The van der Waals surface area contributed by atoms with Gasteiger partial charge in [0.25, 0.3) is 0 Å². The second-order valence-corrected chi connectivity index (χ2v) is 8.23. The molecular weight excluding hydrogens is 394 g/mol. The summed E-state index contributed by atoms with van der Waals surface area (Å²) in [5.41, 5.74) is 5.12. The lowest BCUT2D eigenvalue weighted by Gasteiger charge is -2.13. The molecule has 2 N–H and O–H groups in total. The highest BCUT2D eigenvalue weighted by Gasteiger charge is 2.11. The van der Waals surface area contributed by atoms with Gasteiger partial charge in [0.1, 0.15) is 10.3 Å². The molecule has 2 aromatic heterocycles. The first-order chi connectivity index (χ1) is 14.6. The molecule has 7 heteroatoms. The Labute approximate surface area is 177 Å². The molecule has 0 bridgehead atoms. The van der Waals surface area contributed by atoms with Gasteiger partial charge in [0.2, 0.25) is 0 Å². The number of nitrogens with zero attached hydrogens (tertiary/aromatic N) is 3. The average Bonchev–Trinajstić information content (AvgIpc) is 3.09. The molecule has 5 aromatic rings. The number of carbonyl (C=O) groups is 1. The molecule has 0 unspecified atom stereocenters. The van der Waals surface area contributed by atoms with E-state index in [0.29, 0.717) is 5.69 Å². The number of thiophene rings is 1. The van der Waals surface area contributed by atoms with E-state index in [1.807, 2.05) is 85.7 Å². The zero-order chi connectivity index (χ0) is 20.7. The Balaban J connectivity index is 1.42. The number of rotatable bonds is 3. The Kier molecular flexibility index (Phi) is 4.44. The highest BCUT2D eigenvalue weighted by molar-refractivity contribution is 7.25. The molecule has 0 radical (unpaired) electrons. The molecule has 0 aliphatic rings. The van der Waals surface area contributed by atoms with Crippen molar-refractivity contribution in [1.29, 1.82) is 0 Å². The highest BCUT2D eigenvalue weighted by atomic mass is 32.1. The van der Waals surface area contributed by atoms with Crippen LogP contribution < -0.4 is 15.5 Å². The van der Waals surface area contributed by atoms with Crippen LogP contribution in [0.15, 0.2) is 66.7 Å². The molecule has 2 amide bonds. The molecule has 0 spiro atoms. The summed E-state index contributed by atoms with van der Waals surface area (Å²) >= 11 is 1.60. The van der Waals surface area contributed by atoms with Crippen molar-refractivity contribution in [3.63, 3.8) is 0 Å². The number of aromatic nitrogens is 2. The first-order valence-electron chi connectivity index (χ1n) is 9.51. The van der Waals surface area contributed by atoms with Gasteiger partial charge < -0.3 is 15.5 Å². The van der Waals surface area contributed by atoms with E-state index in [4.69, 9.17) is 9.97 Å². The zero-order valence-electron chi connectivity index (χ0n) is 16.5. The summed E-state index contributed by atoms with van der Waals surface area (Å²) in [4.78, 5) is 24.9. The molecule has 0 saturated heterocycles. The predicted octanol–water partition coefficient (Wildman–Crippen LogP) is 5.71. The number of carbonyl (C=O) groups excluding carboxylic acids is 1. The molecule has 3 aromatic carbocycles. The van der Waals surface area contributed by atoms with E-state index in [0.717, 1.165) is 42.8 Å². The van der Waals surface area contributed by atoms with Crippen LogP contribution in [0.1, 0.15) is 0 Å². The molecule has 6 nitrogen and oxygen atoms in total. The van der Waals surface area contributed by atoms with Crippen LogP contribution in [-0.4, -0.2) is 30.1 Å². The molecule has 5 rings (SSSR count). The smallest absolute Gasteiger partial charge is 0.323 e. The molecule has 0 atom stereocenters. The topological polar surface area (TPSA) is 70.2 Å². The second-order valence-electron chi connectivity index (χ2n) is 7.20. The van der Waals surface area contributed by atoms with E-state index in [1.54, 1.807) is 11.3 Å². The van der Waals surface area contributed by atoms with Gasteiger partial charge in [-0.25, -0.2) is 14.8 Å². The largest absolute Gasteiger partial charge is 0.378 e. The van der Waals surface area contributed by atoms with Crippen molar-refractivity contribution in [2.24, 2.45) is 0 Å². The van der Waals surface area contributed by atoms with E-state index >= 15 is 0 Å². The van der Waals surface area contributed by atoms with Crippen molar-refractivity contribution >= 4 is 65.9 Å². The number of benzene rings is 3. The first kappa shape index (κ1) is 18.3. The number of hydrogen-bond donors (Lipinski definition) is 2. The second kappa shape index (κ2) is 7.27. The summed E-state index contributed by atoms with van der Waals surface area (Å²) in [5.74, 6) is 0. The van der Waals surface area contributed by atoms with Crippen molar-refractivity contribution in [2.45, 2.75) is 0 Å². The van der Waals surface area contributed by atoms with Gasteiger partial charge >= 0.3 is 6.03 Å². The minimum absolute atomic E-state index is 0.289. The fourth-order valence-electron chi connectivity index (χ4n) is 3.35. The van der Waals surface area contributed by atoms with Gasteiger partial charge in [-0.3, -0.25) is 0 Å². The SMILES string of the molecule is CN(C)c1ccc(NC(=O)Nc2ccc3sc4nc5ccccc5nc4c3c2)cc1. The van der Waals surface area contributed by atoms with Gasteiger partial charge in [0.15, 0.2) is 0 Å².